The van der Waals surface area contributed by atoms with Crippen molar-refractivity contribution >= 4 is 31.6 Å². The first-order valence-corrected chi connectivity index (χ1v) is 8.30. The first kappa shape index (κ1) is 15.8. The molecular weight excluding hydrogens is 358 g/mol. The molecule has 0 heterocycles. The molecule has 2 aromatic carbocycles. The third-order valence-corrected chi connectivity index (χ3v) is 4.87. The standard InChI is InChI=1S/C14H14BrNO4S/c1-20-14-8-11(4-7-13(14)15)16-21(18,19)12-5-2-10(9-17)3-6-12/h2-8,16-17H,9H2,1H3. The lowest BCUT2D eigenvalue weighted by molar-refractivity contribution is 0.282. The van der Waals surface area contributed by atoms with E-state index in [0.717, 1.165) is 4.47 Å². The maximum absolute atomic E-state index is 12.3. The molecule has 0 bridgehead atoms. The first-order chi connectivity index (χ1) is 9.96. The predicted molar refractivity (Wildman–Crippen MR) is 83.9 cm³/mol. The van der Waals surface area contributed by atoms with Crippen molar-refractivity contribution < 1.29 is 18.3 Å². The molecule has 0 aliphatic heterocycles. The quantitative estimate of drug-likeness (QED) is 0.846. The number of ether oxygens (including phenoxy) is 1. The summed E-state index contributed by atoms with van der Waals surface area (Å²) in [6.07, 6.45) is 0. The Hall–Kier alpha value is -1.57. The van der Waals surface area contributed by atoms with Crippen molar-refractivity contribution in [3.8, 4) is 5.75 Å². The molecule has 0 fully saturated rings. The second kappa shape index (κ2) is 6.46. The van der Waals surface area contributed by atoms with Gasteiger partial charge in [-0.1, -0.05) is 12.1 Å². The van der Waals surface area contributed by atoms with Crippen LogP contribution in [-0.4, -0.2) is 20.6 Å². The van der Waals surface area contributed by atoms with Crippen molar-refractivity contribution in [1.82, 2.24) is 0 Å². The molecule has 5 nitrogen and oxygen atoms in total. The summed E-state index contributed by atoms with van der Waals surface area (Å²) >= 11 is 3.31. The summed E-state index contributed by atoms with van der Waals surface area (Å²) < 4.78 is 32.9. The average Bonchev–Trinajstić information content (AvgIpc) is 2.49. The van der Waals surface area contributed by atoms with E-state index in [0.29, 0.717) is 17.0 Å². The summed E-state index contributed by atoms with van der Waals surface area (Å²) in [7, 11) is -2.17. The Labute approximate surface area is 131 Å². The highest BCUT2D eigenvalue weighted by atomic mass is 79.9. The van der Waals surface area contributed by atoms with Gasteiger partial charge in [0.25, 0.3) is 10.0 Å². The third-order valence-electron chi connectivity index (χ3n) is 2.82. The van der Waals surface area contributed by atoms with E-state index in [-0.39, 0.29) is 11.5 Å². The Balaban J connectivity index is 2.28. The van der Waals surface area contributed by atoms with Crippen LogP contribution >= 0.6 is 15.9 Å². The Morgan fingerprint density at radius 3 is 2.43 bits per heavy atom. The van der Waals surface area contributed by atoms with E-state index >= 15 is 0 Å². The minimum atomic E-state index is -3.68. The van der Waals surface area contributed by atoms with E-state index in [4.69, 9.17) is 9.84 Å². The van der Waals surface area contributed by atoms with Crippen LogP contribution in [0.5, 0.6) is 5.75 Å². The largest absolute Gasteiger partial charge is 0.495 e. The minimum Gasteiger partial charge on any atom is -0.495 e. The Bertz CT molecular complexity index is 729. The molecular formula is C14H14BrNO4S. The molecule has 0 atom stereocenters. The van der Waals surface area contributed by atoms with Gasteiger partial charge < -0.3 is 9.84 Å². The van der Waals surface area contributed by atoms with Gasteiger partial charge in [-0.25, -0.2) is 8.42 Å². The number of hydrogen-bond acceptors (Lipinski definition) is 4. The highest BCUT2D eigenvalue weighted by Crippen LogP contribution is 2.29. The molecule has 0 spiro atoms. The number of benzene rings is 2. The molecule has 0 unspecified atom stereocenters. The molecule has 0 aliphatic carbocycles. The molecule has 7 heteroatoms. The van der Waals surface area contributed by atoms with Crippen LogP contribution in [0.25, 0.3) is 0 Å². The van der Waals surface area contributed by atoms with E-state index in [1.807, 2.05) is 0 Å². The molecule has 21 heavy (non-hydrogen) atoms. The first-order valence-electron chi connectivity index (χ1n) is 6.02. The van der Waals surface area contributed by atoms with Crippen LogP contribution in [0.3, 0.4) is 0 Å². The number of methoxy groups -OCH3 is 1. The second-order valence-electron chi connectivity index (χ2n) is 4.26. The molecule has 0 amide bonds. The van der Waals surface area contributed by atoms with E-state index < -0.39 is 10.0 Å². The van der Waals surface area contributed by atoms with E-state index in [1.165, 1.54) is 19.2 Å². The van der Waals surface area contributed by atoms with Crippen molar-refractivity contribution in [3.05, 3.63) is 52.5 Å². The normalized spacial score (nSPS) is 11.2. The highest BCUT2D eigenvalue weighted by Gasteiger charge is 2.14. The minimum absolute atomic E-state index is 0.126. The van der Waals surface area contributed by atoms with E-state index in [1.54, 1.807) is 30.3 Å². The fourth-order valence-electron chi connectivity index (χ4n) is 1.71. The van der Waals surface area contributed by atoms with Crippen LogP contribution in [0, 0.1) is 0 Å². The lowest BCUT2D eigenvalue weighted by atomic mass is 10.2. The van der Waals surface area contributed by atoms with Gasteiger partial charge in [0.15, 0.2) is 0 Å². The number of aliphatic hydroxyl groups excluding tert-OH is 1. The summed E-state index contributed by atoms with van der Waals surface area (Å²) in [4.78, 5) is 0.126. The second-order valence-corrected chi connectivity index (χ2v) is 6.79. The Kier molecular flexibility index (Phi) is 4.87. The molecule has 2 N–H and O–H groups in total. The van der Waals surface area contributed by atoms with Gasteiger partial charge >= 0.3 is 0 Å². The SMILES string of the molecule is COc1cc(NS(=O)(=O)c2ccc(CO)cc2)ccc1Br. The zero-order valence-corrected chi connectivity index (χ0v) is 13.6. The van der Waals surface area contributed by atoms with Gasteiger partial charge in [0.1, 0.15) is 5.75 Å². The summed E-state index contributed by atoms with van der Waals surface area (Å²) in [6.45, 7) is -0.127. The van der Waals surface area contributed by atoms with Gasteiger partial charge in [-0.2, -0.15) is 0 Å². The van der Waals surface area contributed by atoms with Crippen LogP contribution in [0.1, 0.15) is 5.56 Å². The number of nitrogens with one attached hydrogen (secondary N) is 1. The van der Waals surface area contributed by atoms with Gasteiger partial charge in [0.2, 0.25) is 0 Å². The Morgan fingerprint density at radius 2 is 1.86 bits per heavy atom. The number of anilines is 1. The molecule has 112 valence electrons. The smallest absolute Gasteiger partial charge is 0.261 e. The number of rotatable bonds is 5. The van der Waals surface area contributed by atoms with Crippen LogP contribution in [-0.2, 0) is 16.6 Å². The van der Waals surface area contributed by atoms with Gasteiger partial charge in [-0.15, -0.1) is 0 Å². The fraction of sp³-hybridized carbons (Fsp3) is 0.143. The van der Waals surface area contributed by atoms with E-state index in [2.05, 4.69) is 20.7 Å². The summed E-state index contributed by atoms with van der Waals surface area (Å²) in [5.74, 6) is 0.533. The monoisotopic (exact) mass is 371 g/mol. The molecule has 0 aromatic heterocycles. The molecule has 0 saturated carbocycles. The number of halogens is 1. The molecule has 0 saturated heterocycles. The van der Waals surface area contributed by atoms with Gasteiger partial charge in [-0.3, -0.25) is 4.72 Å². The topological polar surface area (TPSA) is 75.6 Å². The van der Waals surface area contributed by atoms with Crippen molar-refractivity contribution in [1.29, 1.82) is 0 Å². The zero-order valence-electron chi connectivity index (χ0n) is 11.2. The van der Waals surface area contributed by atoms with E-state index in [9.17, 15) is 8.42 Å². The zero-order chi connectivity index (χ0) is 15.5. The van der Waals surface area contributed by atoms with Crippen LogP contribution < -0.4 is 9.46 Å². The molecule has 0 aliphatic rings. The molecule has 0 radical (unpaired) electrons. The molecule has 2 rings (SSSR count). The van der Waals surface area contributed by atoms with Gasteiger partial charge in [-0.05, 0) is 45.8 Å². The maximum Gasteiger partial charge on any atom is 0.261 e. The van der Waals surface area contributed by atoms with Crippen molar-refractivity contribution in [2.75, 3.05) is 11.8 Å². The number of hydrogen-bond donors (Lipinski definition) is 2. The van der Waals surface area contributed by atoms with Crippen molar-refractivity contribution in [3.63, 3.8) is 0 Å². The van der Waals surface area contributed by atoms with Gasteiger partial charge in [0.05, 0.1) is 28.8 Å². The van der Waals surface area contributed by atoms with Crippen LogP contribution in [0.4, 0.5) is 5.69 Å². The van der Waals surface area contributed by atoms with Crippen LogP contribution in [0.2, 0.25) is 0 Å². The fourth-order valence-corrected chi connectivity index (χ4v) is 3.17. The predicted octanol–water partition coefficient (Wildman–Crippen LogP) is 2.75. The lowest BCUT2D eigenvalue weighted by Crippen LogP contribution is -2.13. The number of aliphatic hydroxyl groups is 1. The summed E-state index contributed by atoms with van der Waals surface area (Å²) in [5.41, 5.74) is 1.06. The highest BCUT2D eigenvalue weighted by molar-refractivity contribution is 9.10. The summed E-state index contributed by atoms with van der Waals surface area (Å²) in [5, 5.41) is 8.97. The van der Waals surface area contributed by atoms with Crippen molar-refractivity contribution in [2.45, 2.75) is 11.5 Å². The lowest BCUT2D eigenvalue weighted by Gasteiger charge is -2.10. The Morgan fingerprint density at radius 1 is 1.19 bits per heavy atom. The van der Waals surface area contributed by atoms with Crippen LogP contribution in [0.15, 0.2) is 51.8 Å². The number of sulfonamides is 1. The average molecular weight is 372 g/mol. The maximum atomic E-state index is 12.3. The van der Waals surface area contributed by atoms with Crippen molar-refractivity contribution in [2.24, 2.45) is 0 Å². The molecule has 2 aromatic rings. The van der Waals surface area contributed by atoms with Gasteiger partial charge in [0, 0.05) is 6.07 Å². The summed E-state index contributed by atoms with van der Waals surface area (Å²) in [6, 6.07) is 10.9. The third kappa shape index (κ3) is 3.75.